The van der Waals surface area contributed by atoms with Crippen molar-refractivity contribution in [3.8, 4) is 0 Å². The van der Waals surface area contributed by atoms with Crippen LogP contribution < -0.4 is 0 Å². The zero-order valence-electron chi connectivity index (χ0n) is 10.6. The second-order valence-corrected chi connectivity index (χ2v) is 5.22. The van der Waals surface area contributed by atoms with Crippen LogP contribution in [0.4, 0.5) is 0 Å². The van der Waals surface area contributed by atoms with Crippen molar-refractivity contribution in [3.63, 3.8) is 0 Å². The van der Waals surface area contributed by atoms with E-state index in [1.165, 1.54) is 0 Å². The minimum absolute atomic E-state index is 0. The van der Waals surface area contributed by atoms with E-state index in [0.29, 0.717) is 0 Å². The first-order valence-electron chi connectivity index (χ1n) is 6.44. The van der Waals surface area contributed by atoms with Gasteiger partial charge in [-0.25, -0.2) is 0 Å². The summed E-state index contributed by atoms with van der Waals surface area (Å²) in [5, 5.41) is 13.1. The molecule has 2 aromatic rings. The van der Waals surface area contributed by atoms with E-state index in [0.717, 1.165) is 42.4 Å². The molecular weight excluding hydrogens is 231 g/mol. The number of likely N-dealkylation sites (tertiary alicyclic amines) is 1. The van der Waals surface area contributed by atoms with Gasteiger partial charge in [-0.3, -0.25) is 4.98 Å². The zero-order chi connectivity index (χ0) is 12.6. The predicted molar refractivity (Wildman–Crippen MR) is 79.5 cm³/mol. The summed E-state index contributed by atoms with van der Waals surface area (Å²) in [5.74, 6) is 0. The van der Waals surface area contributed by atoms with Gasteiger partial charge in [0.2, 0.25) is 0 Å². The van der Waals surface area contributed by atoms with Crippen molar-refractivity contribution in [2.45, 2.75) is 18.4 Å². The number of hydrogen-bond acceptors (Lipinski definition) is 3. The molecule has 1 aromatic carbocycles. The Morgan fingerprint density at radius 2 is 1.84 bits per heavy atom. The Hall–Kier alpha value is -0.853. The fourth-order valence-corrected chi connectivity index (χ4v) is 2.72. The van der Waals surface area contributed by atoms with E-state index in [1.807, 2.05) is 24.3 Å². The van der Waals surface area contributed by atoms with Crippen LogP contribution >= 0.6 is 0 Å². The summed E-state index contributed by atoms with van der Waals surface area (Å²) in [6, 6.07) is 10.1. The van der Waals surface area contributed by atoms with Crippen LogP contribution in [0, 0.1) is 0 Å². The molecule has 0 amide bonds. The second-order valence-electron chi connectivity index (χ2n) is 5.22. The molecule has 0 radical (unpaired) electrons. The summed E-state index contributed by atoms with van der Waals surface area (Å²) in [5.41, 5.74) is 0.0709. The first-order valence-corrected chi connectivity index (χ1v) is 6.44. The van der Waals surface area contributed by atoms with Gasteiger partial charge in [-0.1, -0.05) is 24.3 Å². The normalized spacial score (nSPS) is 19.1. The fraction of sp³-hybridized carbons (Fsp3) is 0.400. The maximum atomic E-state index is 10.9. The Kier molecular flexibility index (Phi) is 4.32. The van der Waals surface area contributed by atoms with Gasteiger partial charge in [-0.05, 0) is 31.3 Å². The summed E-state index contributed by atoms with van der Waals surface area (Å²) in [6.07, 6.45) is 3.31. The van der Waals surface area contributed by atoms with Crippen molar-refractivity contribution in [1.29, 1.82) is 0 Å². The third-order valence-electron chi connectivity index (χ3n) is 3.93. The van der Waals surface area contributed by atoms with E-state index in [-0.39, 0.29) is 18.9 Å². The molecule has 0 saturated carbocycles. The Morgan fingerprint density at radius 3 is 2.58 bits per heavy atom. The standard InChI is InChI=1S/C15H18N2O.Li.H/c1-17-10-7-15(18,8-11-17)14-13-5-3-2-4-12(13)6-9-16-14;;/h2-6,9,18H,7-8,10-11H2,1H3;;. The van der Waals surface area contributed by atoms with Crippen molar-refractivity contribution in [2.75, 3.05) is 20.1 Å². The van der Waals surface area contributed by atoms with Gasteiger partial charge in [0.25, 0.3) is 0 Å². The first kappa shape index (κ1) is 14.6. The minimum atomic E-state index is -0.770. The van der Waals surface area contributed by atoms with E-state index in [4.69, 9.17) is 0 Å². The molecule has 0 aliphatic carbocycles. The molecule has 4 heteroatoms. The van der Waals surface area contributed by atoms with Crippen molar-refractivity contribution >= 4 is 29.6 Å². The maximum absolute atomic E-state index is 10.9. The third kappa shape index (κ3) is 2.70. The average molecular weight is 250 g/mol. The predicted octanol–water partition coefficient (Wildman–Crippen LogP) is 1.50. The van der Waals surface area contributed by atoms with Crippen molar-refractivity contribution in [3.05, 3.63) is 42.2 Å². The van der Waals surface area contributed by atoms with Gasteiger partial charge in [-0.2, -0.15) is 0 Å². The van der Waals surface area contributed by atoms with E-state index in [1.54, 1.807) is 6.20 Å². The molecular formula is C15H19LiN2O. The third-order valence-corrected chi connectivity index (χ3v) is 3.93. The van der Waals surface area contributed by atoms with Crippen molar-refractivity contribution < 1.29 is 5.11 Å². The molecule has 0 atom stereocenters. The van der Waals surface area contributed by atoms with Crippen LogP contribution in [0.15, 0.2) is 36.5 Å². The van der Waals surface area contributed by atoms with Gasteiger partial charge in [0.15, 0.2) is 0 Å². The Bertz CT molecular complexity index is 560. The number of piperidine rings is 1. The number of pyridine rings is 1. The van der Waals surface area contributed by atoms with Crippen LogP contribution in [-0.2, 0) is 5.60 Å². The molecule has 0 spiro atoms. The Labute approximate surface area is 125 Å². The summed E-state index contributed by atoms with van der Waals surface area (Å²) in [6.45, 7) is 1.84. The van der Waals surface area contributed by atoms with Crippen LogP contribution in [0.2, 0.25) is 0 Å². The SMILES string of the molecule is CN1CCC(O)(c2nccc3ccccc23)CC1.[LiH]. The number of aliphatic hydroxyl groups is 1. The number of nitrogens with zero attached hydrogens (tertiary/aromatic N) is 2. The topological polar surface area (TPSA) is 36.4 Å². The molecule has 3 nitrogen and oxygen atoms in total. The number of rotatable bonds is 1. The van der Waals surface area contributed by atoms with Crippen LogP contribution in [0.25, 0.3) is 10.8 Å². The molecule has 1 N–H and O–H groups in total. The number of hydrogen-bond donors (Lipinski definition) is 1. The summed E-state index contributed by atoms with van der Waals surface area (Å²) in [4.78, 5) is 6.71. The van der Waals surface area contributed by atoms with Crippen LogP contribution in [0.3, 0.4) is 0 Å². The zero-order valence-corrected chi connectivity index (χ0v) is 10.6. The molecule has 1 aromatic heterocycles. The van der Waals surface area contributed by atoms with Gasteiger partial charge in [0.1, 0.15) is 5.60 Å². The number of aromatic nitrogens is 1. The molecule has 96 valence electrons. The molecule has 19 heavy (non-hydrogen) atoms. The summed E-state index contributed by atoms with van der Waals surface area (Å²) >= 11 is 0. The van der Waals surface area contributed by atoms with E-state index in [9.17, 15) is 5.11 Å². The molecule has 0 unspecified atom stereocenters. The monoisotopic (exact) mass is 250 g/mol. The van der Waals surface area contributed by atoms with Crippen LogP contribution in [0.1, 0.15) is 18.5 Å². The number of fused-ring (bicyclic) bond motifs is 1. The van der Waals surface area contributed by atoms with Crippen molar-refractivity contribution in [1.82, 2.24) is 9.88 Å². The molecule has 0 bridgehead atoms. The fourth-order valence-electron chi connectivity index (χ4n) is 2.72. The average Bonchev–Trinajstić information content (AvgIpc) is 2.42. The summed E-state index contributed by atoms with van der Waals surface area (Å²) < 4.78 is 0. The van der Waals surface area contributed by atoms with Gasteiger partial charge in [0.05, 0.1) is 5.69 Å². The molecule has 3 rings (SSSR count). The molecule has 2 heterocycles. The number of benzene rings is 1. The van der Waals surface area contributed by atoms with E-state index in [2.05, 4.69) is 23.0 Å². The molecule has 1 saturated heterocycles. The second kappa shape index (κ2) is 5.64. The van der Waals surface area contributed by atoms with Crippen LogP contribution in [0.5, 0.6) is 0 Å². The van der Waals surface area contributed by atoms with Gasteiger partial charge < -0.3 is 10.0 Å². The Balaban J connectivity index is 0.00000133. The van der Waals surface area contributed by atoms with E-state index >= 15 is 0 Å². The van der Waals surface area contributed by atoms with Crippen molar-refractivity contribution in [2.24, 2.45) is 0 Å². The van der Waals surface area contributed by atoms with Gasteiger partial charge in [-0.15, -0.1) is 0 Å². The molecule has 1 aliphatic heterocycles. The Morgan fingerprint density at radius 1 is 1.16 bits per heavy atom. The molecule has 1 aliphatic rings. The van der Waals surface area contributed by atoms with Gasteiger partial charge in [0, 0.05) is 24.7 Å². The quantitative estimate of drug-likeness (QED) is 0.779. The first-order chi connectivity index (χ1) is 8.69. The van der Waals surface area contributed by atoms with Crippen LogP contribution in [-0.4, -0.2) is 54.0 Å². The molecule has 1 fully saturated rings. The summed E-state index contributed by atoms with van der Waals surface area (Å²) in [7, 11) is 2.09. The van der Waals surface area contributed by atoms with E-state index < -0.39 is 5.60 Å². The van der Waals surface area contributed by atoms with Gasteiger partial charge >= 0.3 is 18.9 Å².